The predicted molar refractivity (Wildman–Crippen MR) is 52.4 cm³/mol. The number of hydrogen-bond donors (Lipinski definition) is 1. The number of hydrogen-bond acceptors (Lipinski definition) is 1. The Morgan fingerprint density at radius 3 is 2.38 bits per heavy atom. The Labute approximate surface area is 90.1 Å². The molecule has 0 fully saturated rings. The number of halogens is 1. The van der Waals surface area contributed by atoms with E-state index >= 15 is 0 Å². The summed E-state index contributed by atoms with van der Waals surface area (Å²) in [5.74, 6) is -1.21. The third-order valence-electron chi connectivity index (χ3n) is 1.77. The second-order valence-corrected chi connectivity index (χ2v) is 3.94. The van der Waals surface area contributed by atoms with Crippen LogP contribution < -0.4 is 0 Å². The number of carboxylic acids is 1. The summed E-state index contributed by atoms with van der Waals surface area (Å²) < 4.78 is 0. The predicted octanol–water partition coefficient (Wildman–Crippen LogP) is 2.09. The van der Waals surface area contributed by atoms with Gasteiger partial charge in [-0.2, -0.15) is 0 Å². The number of rotatable bonds is 3. The van der Waals surface area contributed by atoms with Gasteiger partial charge in [0.25, 0.3) is 0 Å². The molecule has 0 bridgehead atoms. The van der Waals surface area contributed by atoms with E-state index in [1.807, 2.05) is 16.5 Å². The molecule has 3 radical (unpaired) electrons. The van der Waals surface area contributed by atoms with E-state index < -0.39 is 11.9 Å². The second-order valence-electron chi connectivity index (χ2n) is 2.65. The molecule has 1 aromatic carbocycles. The van der Waals surface area contributed by atoms with Crippen LogP contribution in [0.15, 0.2) is 24.3 Å². The van der Waals surface area contributed by atoms with Crippen LogP contribution in [0.1, 0.15) is 11.5 Å². The summed E-state index contributed by atoms with van der Waals surface area (Å²) in [6.07, 6.45) is 0. The maximum atomic E-state index is 10.8. The van der Waals surface area contributed by atoms with Crippen molar-refractivity contribution in [3.8, 4) is 0 Å². The zero-order valence-electron chi connectivity index (χ0n) is 6.83. The van der Waals surface area contributed by atoms with Crippen LogP contribution in [-0.2, 0) is 4.79 Å². The molecule has 0 saturated heterocycles. The fourth-order valence-electron chi connectivity index (χ4n) is 1.04. The fourth-order valence-corrected chi connectivity index (χ4v) is 2.03. The van der Waals surface area contributed by atoms with E-state index in [0.717, 1.165) is 5.56 Å². The van der Waals surface area contributed by atoms with Crippen molar-refractivity contribution in [1.29, 1.82) is 0 Å². The molecule has 0 aliphatic carbocycles. The Hall–Kier alpha value is -0.477. The van der Waals surface area contributed by atoms with Crippen molar-refractivity contribution in [2.24, 2.45) is 0 Å². The minimum absolute atomic E-state index is 0.419. The van der Waals surface area contributed by atoms with Gasteiger partial charge in [-0.1, -0.05) is 0 Å². The first-order chi connectivity index (χ1) is 6.15. The molecule has 0 amide bonds. The monoisotopic (exact) mass is 257 g/mol. The van der Waals surface area contributed by atoms with Gasteiger partial charge in [0.05, 0.1) is 0 Å². The third-order valence-corrected chi connectivity index (χ3v) is 2.88. The summed E-state index contributed by atoms with van der Waals surface area (Å²) in [4.78, 5) is 10.8. The van der Waals surface area contributed by atoms with Crippen LogP contribution in [0.25, 0.3) is 0 Å². The van der Waals surface area contributed by atoms with E-state index in [0.29, 0.717) is 10.3 Å². The second kappa shape index (κ2) is 4.67. The summed E-state index contributed by atoms with van der Waals surface area (Å²) in [7, 11) is 0. The van der Waals surface area contributed by atoms with E-state index in [2.05, 4.69) is 0 Å². The summed E-state index contributed by atoms with van der Waals surface area (Å²) in [6, 6.07) is 6.93. The zero-order chi connectivity index (χ0) is 9.84. The quantitative estimate of drug-likeness (QED) is 0.841. The van der Waals surface area contributed by atoms with Crippen molar-refractivity contribution in [3.63, 3.8) is 0 Å². The molecule has 0 heterocycles. The topological polar surface area (TPSA) is 37.3 Å². The summed E-state index contributed by atoms with van der Waals surface area (Å²) in [5, 5.41) is 10.1. The molecular formula is C9H8ClGeO2. The summed E-state index contributed by atoms with van der Waals surface area (Å²) >= 11 is 7.55. The van der Waals surface area contributed by atoms with Crippen molar-refractivity contribution in [2.45, 2.75) is 11.2 Å². The molecule has 1 aromatic rings. The average molecular weight is 256 g/mol. The van der Waals surface area contributed by atoms with Gasteiger partial charge in [-0.25, -0.2) is 0 Å². The molecule has 2 nitrogen and oxygen atoms in total. The minimum atomic E-state index is -0.787. The molecule has 4 heteroatoms. The molecule has 0 aromatic heterocycles. The molecule has 13 heavy (non-hydrogen) atoms. The van der Waals surface area contributed by atoms with Crippen LogP contribution in [0.5, 0.6) is 0 Å². The Morgan fingerprint density at radius 2 is 2.00 bits per heavy atom. The molecule has 1 unspecified atom stereocenters. The number of benzene rings is 1. The van der Waals surface area contributed by atoms with Crippen molar-refractivity contribution in [3.05, 3.63) is 34.9 Å². The SMILES string of the molecule is O=C(O)C([CH2][Ge])c1ccc(Cl)cc1. The van der Waals surface area contributed by atoms with E-state index in [1.165, 1.54) is 0 Å². The van der Waals surface area contributed by atoms with Crippen LogP contribution in [0.2, 0.25) is 10.3 Å². The van der Waals surface area contributed by atoms with Crippen LogP contribution in [0.4, 0.5) is 0 Å². The Morgan fingerprint density at radius 1 is 1.46 bits per heavy atom. The van der Waals surface area contributed by atoms with Gasteiger partial charge in [-0.3, -0.25) is 0 Å². The third kappa shape index (κ3) is 2.74. The normalized spacial score (nSPS) is 12.5. The van der Waals surface area contributed by atoms with E-state index in [1.54, 1.807) is 24.3 Å². The Bertz CT molecular complexity index is 297. The molecule has 1 atom stereocenters. The standard InChI is InChI=1S/C9H8ClGeO2/c10-7-3-1-6(2-4-7)8(5-11)9(12)13/h1-4,8H,5H2,(H,12,13). The van der Waals surface area contributed by atoms with Crippen LogP contribution >= 0.6 is 11.6 Å². The van der Waals surface area contributed by atoms with Crippen LogP contribution in [-0.4, -0.2) is 27.6 Å². The van der Waals surface area contributed by atoms with Gasteiger partial charge in [0.15, 0.2) is 0 Å². The van der Waals surface area contributed by atoms with Gasteiger partial charge in [0.1, 0.15) is 0 Å². The van der Waals surface area contributed by atoms with Gasteiger partial charge >= 0.3 is 90.0 Å². The average Bonchev–Trinajstić information content (AvgIpc) is 2.09. The molecule has 0 aliphatic heterocycles. The van der Waals surface area contributed by atoms with Gasteiger partial charge in [-0.05, 0) is 0 Å². The summed E-state index contributed by atoms with van der Waals surface area (Å²) in [5.41, 5.74) is 0.805. The van der Waals surface area contributed by atoms with E-state index in [4.69, 9.17) is 16.7 Å². The van der Waals surface area contributed by atoms with Crippen molar-refractivity contribution in [2.75, 3.05) is 0 Å². The first kappa shape index (κ1) is 10.6. The Kier molecular flexibility index (Phi) is 3.81. The zero-order valence-corrected chi connectivity index (χ0v) is 9.68. The molecule has 0 aliphatic rings. The number of carboxylic acid groups (broad SMARTS) is 1. The summed E-state index contributed by atoms with van der Waals surface area (Å²) in [6.45, 7) is 0. The van der Waals surface area contributed by atoms with Gasteiger partial charge in [0.2, 0.25) is 0 Å². The molecule has 1 N–H and O–H groups in total. The van der Waals surface area contributed by atoms with Crippen LogP contribution in [0, 0.1) is 0 Å². The molecule has 67 valence electrons. The maximum absolute atomic E-state index is 10.8. The molecule has 0 spiro atoms. The van der Waals surface area contributed by atoms with Gasteiger partial charge < -0.3 is 0 Å². The molecule has 1 rings (SSSR count). The first-order valence-corrected chi connectivity index (χ1v) is 5.64. The van der Waals surface area contributed by atoms with E-state index in [-0.39, 0.29) is 0 Å². The van der Waals surface area contributed by atoms with Gasteiger partial charge in [-0.15, -0.1) is 0 Å². The first-order valence-electron chi connectivity index (χ1n) is 3.78. The van der Waals surface area contributed by atoms with Crippen molar-refractivity contribution >= 4 is 34.1 Å². The van der Waals surface area contributed by atoms with Crippen LogP contribution in [0.3, 0.4) is 0 Å². The van der Waals surface area contributed by atoms with Crippen molar-refractivity contribution in [1.82, 2.24) is 0 Å². The van der Waals surface area contributed by atoms with Crippen molar-refractivity contribution < 1.29 is 9.90 Å². The van der Waals surface area contributed by atoms with Gasteiger partial charge in [0, 0.05) is 0 Å². The molecular weight excluding hydrogens is 248 g/mol. The van der Waals surface area contributed by atoms with E-state index in [9.17, 15) is 4.79 Å². The number of aliphatic carboxylic acids is 1. The molecule has 0 saturated carbocycles. The number of carbonyl (C=O) groups is 1. The Balaban J connectivity index is 2.92. The fraction of sp³-hybridized carbons (Fsp3) is 0.222.